The highest BCUT2D eigenvalue weighted by Gasteiger charge is 2.36. The van der Waals surface area contributed by atoms with Crippen molar-refractivity contribution in [2.24, 2.45) is 0 Å². The molecule has 2 saturated heterocycles. The molecule has 0 spiro atoms. The van der Waals surface area contributed by atoms with Gasteiger partial charge in [-0.15, -0.1) is 0 Å². The summed E-state index contributed by atoms with van der Waals surface area (Å²) in [5.74, 6) is 0.401. The summed E-state index contributed by atoms with van der Waals surface area (Å²) < 4.78 is 11.0. The van der Waals surface area contributed by atoms with Crippen LogP contribution in [0.5, 0.6) is 5.75 Å². The van der Waals surface area contributed by atoms with Crippen LogP contribution in [0.15, 0.2) is 42.5 Å². The zero-order valence-electron chi connectivity index (χ0n) is 18.8. The number of piperidine rings is 2. The minimum absolute atomic E-state index is 0.129. The zero-order chi connectivity index (χ0) is 23.4. The standard InChI is InChI=1S/C25H30Cl2N2O4/c1-32-24(30)20-4-2-3-5-23(20)29-14-10-25(31,11-15-29)17-28-12-8-18(9-13-28)33-19-6-7-21(26)22(27)16-19/h2-7,16,18,31H,8-15,17H2,1H3. The van der Waals surface area contributed by atoms with Gasteiger partial charge >= 0.3 is 5.97 Å². The number of halogens is 2. The van der Waals surface area contributed by atoms with Gasteiger partial charge in [-0.3, -0.25) is 0 Å². The minimum atomic E-state index is -0.728. The molecule has 0 saturated carbocycles. The van der Waals surface area contributed by atoms with E-state index in [-0.39, 0.29) is 12.1 Å². The van der Waals surface area contributed by atoms with Crippen LogP contribution in [0, 0.1) is 0 Å². The fourth-order valence-electron chi connectivity index (χ4n) is 4.70. The second-order valence-electron chi connectivity index (χ2n) is 8.89. The number of esters is 1. The molecule has 2 aliphatic heterocycles. The van der Waals surface area contributed by atoms with E-state index in [9.17, 15) is 9.90 Å². The normalized spacial score (nSPS) is 19.3. The van der Waals surface area contributed by atoms with E-state index in [1.54, 1.807) is 18.2 Å². The third-order valence-corrected chi connectivity index (χ3v) is 7.33. The van der Waals surface area contributed by atoms with Gasteiger partial charge in [0.1, 0.15) is 11.9 Å². The molecule has 0 radical (unpaired) electrons. The van der Waals surface area contributed by atoms with E-state index in [1.807, 2.05) is 24.3 Å². The molecule has 0 unspecified atom stereocenters. The third kappa shape index (κ3) is 5.93. The van der Waals surface area contributed by atoms with Gasteiger partial charge in [-0.05, 0) is 49.9 Å². The van der Waals surface area contributed by atoms with E-state index >= 15 is 0 Å². The summed E-state index contributed by atoms with van der Waals surface area (Å²) >= 11 is 12.1. The van der Waals surface area contributed by atoms with Crippen molar-refractivity contribution >= 4 is 34.9 Å². The van der Waals surface area contributed by atoms with Crippen LogP contribution in [0.2, 0.25) is 10.0 Å². The van der Waals surface area contributed by atoms with Crippen molar-refractivity contribution in [1.29, 1.82) is 0 Å². The topological polar surface area (TPSA) is 62.2 Å². The molecule has 2 aromatic carbocycles. The van der Waals surface area contributed by atoms with Crippen LogP contribution in [0.4, 0.5) is 5.69 Å². The predicted molar refractivity (Wildman–Crippen MR) is 131 cm³/mol. The molecule has 2 fully saturated rings. The second kappa shape index (κ2) is 10.5. The molecule has 178 valence electrons. The van der Waals surface area contributed by atoms with Crippen LogP contribution in [-0.4, -0.2) is 67.5 Å². The highest BCUT2D eigenvalue weighted by molar-refractivity contribution is 6.42. The Kier molecular flexibility index (Phi) is 7.69. The molecule has 2 heterocycles. The lowest BCUT2D eigenvalue weighted by atomic mass is 9.89. The zero-order valence-corrected chi connectivity index (χ0v) is 20.3. The summed E-state index contributed by atoms with van der Waals surface area (Å²) in [6.07, 6.45) is 3.23. The number of methoxy groups -OCH3 is 1. The molecule has 2 aromatic rings. The number of aliphatic hydroxyl groups is 1. The molecule has 0 bridgehead atoms. The van der Waals surface area contributed by atoms with E-state index in [4.69, 9.17) is 32.7 Å². The fraction of sp³-hybridized carbons (Fsp3) is 0.480. The first-order valence-corrected chi connectivity index (χ1v) is 12.1. The van der Waals surface area contributed by atoms with Gasteiger partial charge in [0.05, 0.1) is 34.0 Å². The first-order valence-electron chi connectivity index (χ1n) is 11.4. The van der Waals surface area contributed by atoms with Crippen molar-refractivity contribution in [2.45, 2.75) is 37.4 Å². The number of nitrogens with zero attached hydrogens (tertiary/aromatic N) is 2. The van der Waals surface area contributed by atoms with Crippen molar-refractivity contribution in [3.05, 3.63) is 58.1 Å². The number of β-amino-alcohol motifs (C(OH)–C–C–N with tert-alkyl or cyclic N) is 1. The Morgan fingerprint density at radius 1 is 1.06 bits per heavy atom. The van der Waals surface area contributed by atoms with Gasteiger partial charge in [0.15, 0.2) is 0 Å². The van der Waals surface area contributed by atoms with E-state index in [0.717, 1.165) is 37.4 Å². The maximum Gasteiger partial charge on any atom is 0.339 e. The lowest BCUT2D eigenvalue weighted by Crippen LogP contribution is -2.53. The SMILES string of the molecule is COC(=O)c1ccccc1N1CCC(O)(CN2CCC(Oc3ccc(Cl)c(Cl)c3)CC2)CC1. The average Bonchev–Trinajstić information content (AvgIpc) is 2.82. The van der Waals surface area contributed by atoms with Crippen LogP contribution in [0.3, 0.4) is 0 Å². The number of rotatable bonds is 6. The molecule has 6 nitrogen and oxygen atoms in total. The lowest BCUT2D eigenvalue weighted by molar-refractivity contribution is -0.0281. The summed E-state index contributed by atoms with van der Waals surface area (Å²) in [6.45, 7) is 3.80. The largest absolute Gasteiger partial charge is 0.490 e. The Bertz CT molecular complexity index is 971. The quantitative estimate of drug-likeness (QED) is 0.591. The van der Waals surface area contributed by atoms with Crippen molar-refractivity contribution in [2.75, 3.05) is 44.7 Å². The first kappa shape index (κ1) is 24.1. The molecule has 1 N–H and O–H groups in total. The summed E-state index contributed by atoms with van der Waals surface area (Å²) in [5, 5.41) is 12.3. The maximum atomic E-state index is 12.1. The second-order valence-corrected chi connectivity index (χ2v) is 9.70. The van der Waals surface area contributed by atoms with Crippen molar-refractivity contribution in [3.8, 4) is 5.75 Å². The van der Waals surface area contributed by atoms with Gasteiger partial charge < -0.3 is 24.4 Å². The fourth-order valence-corrected chi connectivity index (χ4v) is 4.99. The Morgan fingerprint density at radius 3 is 2.42 bits per heavy atom. The summed E-state index contributed by atoms with van der Waals surface area (Å²) in [4.78, 5) is 16.6. The van der Waals surface area contributed by atoms with Crippen LogP contribution >= 0.6 is 23.2 Å². The molecule has 2 aliphatic rings. The van der Waals surface area contributed by atoms with Gasteiger partial charge in [-0.1, -0.05) is 35.3 Å². The van der Waals surface area contributed by atoms with Crippen LogP contribution in [0.25, 0.3) is 0 Å². The number of anilines is 1. The van der Waals surface area contributed by atoms with Gasteiger partial charge in [-0.25, -0.2) is 4.79 Å². The lowest BCUT2D eigenvalue weighted by Gasteiger charge is -2.43. The molecule has 33 heavy (non-hydrogen) atoms. The number of likely N-dealkylation sites (tertiary alicyclic amines) is 1. The van der Waals surface area contributed by atoms with Crippen LogP contribution < -0.4 is 9.64 Å². The maximum absolute atomic E-state index is 12.1. The molecule has 0 amide bonds. The summed E-state index contributed by atoms with van der Waals surface area (Å²) in [6, 6.07) is 12.8. The number of ether oxygens (including phenoxy) is 2. The Balaban J connectivity index is 1.27. The highest BCUT2D eigenvalue weighted by atomic mass is 35.5. The van der Waals surface area contributed by atoms with Gasteiger partial charge in [0.2, 0.25) is 0 Å². The van der Waals surface area contributed by atoms with Crippen LogP contribution in [0.1, 0.15) is 36.0 Å². The first-order chi connectivity index (χ1) is 15.9. The smallest absolute Gasteiger partial charge is 0.339 e. The Labute approximate surface area is 205 Å². The van der Waals surface area contributed by atoms with E-state index in [1.165, 1.54) is 7.11 Å². The van der Waals surface area contributed by atoms with Gasteiger partial charge in [0.25, 0.3) is 0 Å². The number of hydrogen-bond donors (Lipinski definition) is 1. The summed E-state index contributed by atoms with van der Waals surface area (Å²) in [5.41, 5.74) is 0.704. The number of benzene rings is 2. The molecule has 0 aromatic heterocycles. The minimum Gasteiger partial charge on any atom is -0.490 e. The predicted octanol–water partition coefficient (Wildman–Crippen LogP) is 4.65. The summed E-state index contributed by atoms with van der Waals surface area (Å²) in [7, 11) is 1.40. The third-order valence-electron chi connectivity index (χ3n) is 6.59. The monoisotopic (exact) mass is 492 g/mol. The van der Waals surface area contributed by atoms with Gasteiger partial charge in [0, 0.05) is 38.8 Å². The highest BCUT2D eigenvalue weighted by Crippen LogP contribution is 2.31. The Morgan fingerprint density at radius 2 is 1.76 bits per heavy atom. The van der Waals surface area contributed by atoms with Crippen molar-refractivity contribution < 1.29 is 19.4 Å². The number of hydrogen-bond acceptors (Lipinski definition) is 6. The molecule has 0 atom stereocenters. The molecular weight excluding hydrogens is 463 g/mol. The van der Waals surface area contributed by atoms with Crippen LogP contribution in [-0.2, 0) is 4.74 Å². The van der Waals surface area contributed by atoms with E-state index in [0.29, 0.717) is 48.1 Å². The molecule has 0 aliphatic carbocycles. The Hall–Kier alpha value is -1.99. The number of carbonyl (C=O) groups excluding carboxylic acids is 1. The van der Waals surface area contributed by atoms with Crippen molar-refractivity contribution in [3.63, 3.8) is 0 Å². The van der Waals surface area contributed by atoms with Gasteiger partial charge in [-0.2, -0.15) is 0 Å². The van der Waals surface area contributed by atoms with E-state index < -0.39 is 5.60 Å². The molecule has 8 heteroatoms. The average molecular weight is 493 g/mol. The van der Waals surface area contributed by atoms with E-state index in [2.05, 4.69) is 9.80 Å². The number of para-hydroxylation sites is 1. The molecule has 4 rings (SSSR count). The van der Waals surface area contributed by atoms with Crippen molar-refractivity contribution in [1.82, 2.24) is 4.90 Å². The molecular formula is C25H30Cl2N2O4. The number of carbonyl (C=O) groups is 1.